The molecule has 0 aromatic carbocycles. The molecule has 12 heteroatoms. The highest BCUT2D eigenvalue weighted by Crippen LogP contribution is 2.41. The standard InChI is InChI=1S/C24H38F2N4O5S/c1-15-10-18(35-27-15)13-30-22(31)20-11-19(36(33,34)28-24(14-25)8-9-24)6-7-21(20)29(23(30)32)12-16-2-4-17(26)5-3-16/h15-21,27-28H,2-14H2,1H3. The zero-order chi connectivity index (χ0) is 25.7. The predicted octanol–water partition coefficient (Wildman–Crippen LogP) is 2.42. The van der Waals surface area contributed by atoms with Crippen LogP contribution in [0.4, 0.5) is 13.6 Å². The van der Waals surface area contributed by atoms with E-state index in [0.29, 0.717) is 64.3 Å². The van der Waals surface area contributed by atoms with Crippen molar-refractivity contribution in [2.24, 2.45) is 11.8 Å². The summed E-state index contributed by atoms with van der Waals surface area (Å²) in [5.41, 5.74) is 1.88. The second-order valence-corrected chi connectivity index (χ2v) is 13.6. The Morgan fingerprint density at radius 1 is 1.08 bits per heavy atom. The lowest BCUT2D eigenvalue weighted by Gasteiger charge is -2.49. The van der Waals surface area contributed by atoms with E-state index >= 15 is 0 Å². The summed E-state index contributed by atoms with van der Waals surface area (Å²) >= 11 is 0. The van der Waals surface area contributed by atoms with Crippen LogP contribution in [-0.4, -0.2) is 85.1 Å². The first kappa shape index (κ1) is 26.2. The van der Waals surface area contributed by atoms with E-state index in [0.717, 1.165) is 0 Å². The van der Waals surface area contributed by atoms with Crippen molar-refractivity contribution in [3.63, 3.8) is 0 Å². The second-order valence-electron chi connectivity index (χ2n) is 11.7. The van der Waals surface area contributed by atoms with Gasteiger partial charge >= 0.3 is 6.03 Å². The third kappa shape index (κ3) is 5.28. The van der Waals surface area contributed by atoms with Gasteiger partial charge in [0.15, 0.2) is 0 Å². The van der Waals surface area contributed by atoms with Crippen molar-refractivity contribution in [1.29, 1.82) is 0 Å². The van der Waals surface area contributed by atoms with Crippen molar-refractivity contribution in [3.05, 3.63) is 0 Å². The largest absolute Gasteiger partial charge is 0.327 e. The molecule has 204 valence electrons. The Morgan fingerprint density at radius 3 is 2.42 bits per heavy atom. The van der Waals surface area contributed by atoms with Gasteiger partial charge < -0.3 is 4.90 Å². The van der Waals surface area contributed by atoms with Crippen LogP contribution in [0.25, 0.3) is 0 Å². The number of carbonyl (C=O) groups excluding carboxylic acids is 2. The van der Waals surface area contributed by atoms with Crippen LogP contribution in [-0.2, 0) is 19.7 Å². The monoisotopic (exact) mass is 532 g/mol. The maximum absolute atomic E-state index is 13.7. The molecule has 3 amide bonds. The lowest BCUT2D eigenvalue weighted by Crippen LogP contribution is -2.65. The van der Waals surface area contributed by atoms with Crippen LogP contribution in [0, 0.1) is 11.8 Å². The van der Waals surface area contributed by atoms with Gasteiger partial charge in [0.2, 0.25) is 15.9 Å². The molecular formula is C24H38F2N4O5S. The first-order valence-corrected chi connectivity index (χ1v) is 14.9. The summed E-state index contributed by atoms with van der Waals surface area (Å²) in [4.78, 5) is 35.8. The number of nitrogens with one attached hydrogen (secondary N) is 2. The van der Waals surface area contributed by atoms with Gasteiger partial charge in [-0.15, -0.1) is 0 Å². The fraction of sp³-hybridized carbons (Fsp3) is 0.917. The Balaban J connectivity index is 1.35. The molecule has 5 rings (SSSR count). The lowest BCUT2D eigenvalue weighted by atomic mass is 9.79. The Labute approximate surface area is 211 Å². The highest BCUT2D eigenvalue weighted by molar-refractivity contribution is 7.90. The maximum atomic E-state index is 13.7. The van der Waals surface area contributed by atoms with Gasteiger partial charge in [-0.25, -0.2) is 26.7 Å². The normalized spacial score (nSPS) is 38.8. The average Bonchev–Trinajstić information content (AvgIpc) is 3.50. The summed E-state index contributed by atoms with van der Waals surface area (Å²) in [6, 6.07) is -0.640. The first-order chi connectivity index (χ1) is 17.1. The second kappa shape index (κ2) is 10.1. The van der Waals surface area contributed by atoms with Crippen molar-refractivity contribution in [2.45, 2.75) is 106 Å². The Kier molecular flexibility index (Phi) is 7.34. The number of halogens is 2. The van der Waals surface area contributed by atoms with Crippen LogP contribution in [0.15, 0.2) is 0 Å². The number of fused-ring (bicyclic) bond motifs is 1. The van der Waals surface area contributed by atoms with Crippen molar-refractivity contribution >= 4 is 22.0 Å². The number of urea groups is 1. The van der Waals surface area contributed by atoms with Gasteiger partial charge in [0.25, 0.3) is 0 Å². The molecule has 3 aliphatic carbocycles. The topological polar surface area (TPSA) is 108 Å². The van der Waals surface area contributed by atoms with Gasteiger partial charge in [0.05, 0.1) is 29.4 Å². The zero-order valence-electron chi connectivity index (χ0n) is 20.8. The number of rotatable bonds is 8. The molecule has 36 heavy (non-hydrogen) atoms. The SMILES string of the molecule is CC1CC(CN2C(=O)C3CC(S(=O)(=O)NC4(CF)CC4)CCC3N(CC3CCC(F)CC3)C2=O)ON1. The Hall–Kier alpha value is -1.37. The predicted molar refractivity (Wildman–Crippen MR) is 128 cm³/mol. The smallest absolute Gasteiger partial charge is 0.320 e. The van der Waals surface area contributed by atoms with E-state index in [9.17, 15) is 26.8 Å². The molecule has 2 saturated heterocycles. The minimum atomic E-state index is -3.82. The van der Waals surface area contributed by atoms with E-state index in [1.807, 2.05) is 6.92 Å². The number of alkyl halides is 2. The third-order valence-corrected chi connectivity index (χ3v) is 10.8. The van der Waals surface area contributed by atoms with E-state index in [4.69, 9.17) is 4.84 Å². The van der Waals surface area contributed by atoms with Crippen LogP contribution in [0.2, 0.25) is 0 Å². The number of amides is 3. The lowest BCUT2D eigenvalue weighted by molar-refractivity contribution is -0.142. The minimum Gasteiger partial charge on any atom is -0.320 e. The van der Waals surface area contributed by atoms with Crippen LogP contribution in [0.5, 0.6) is 0 Å². The summed E-state index contributed by atoms with van der Waals surface area (Å²) in [5.74, 6) is -0.852. The summed E-state index contributed by atoms with van der Waals surface area (Å²) in [6.45, 7) is 1.76. The summed E-state index contributed by atoms with van der Waals surface area (Å²) in [6.07, 6.45) is 3.60. The molecule has 5 unspecified atom stereocenters. The average molecular weight is 533 g/mol. The highest BCUT2D eigenvalue weighted by atomic mass is 32.2. The van der Waals surface area contributed by atoms with E-state index in [-0.39, 0.29) is 49.0 Å². The van der Waals surface area contributed by atoms with Crippen LogP contribution in [0.1, 0.15) is 71.1 Å². The van der Waals surface area contributed by atoms with Gasteiger partial charge in [-0.1, -0.05) is 0 Å². The molecule has 5 fully saturated rings. The molecule has 0 aromatic heterocycles. The Morgan fingerprint density at radius 2 is 1.81 bits per heavy atom. The quantitative estimate of drug-likeness (QED) is 0.497. The van der Waals surface area contributed by atoms with Crippen LogP contribution < -0.4 is 10.2 Å². The number of imide groups is 1. The van der Waals surface area contributed by atoms with Crippen molar-refractivity contribution < 1.29 is 31.6 Å². The molecule has 0 radical (unpaired) electrons. The number of hydroxylamine groups is 1. The Bertz CT molecular complexity index is 956. The summed E-state index contributed by atoms with van der Waals surface area (Å²) in [7, 11) is -3.82. The number of sulfonamides is 1. The van der Waals surface area contributed by atoms with Crippen molar-refractivity contribution in [2.75, 3.05) is 19.8 Å². The van der Waals surface area contributed by atoms with Crippen LogP contribution in [0.3, 0.4) is 0 Å². The molecule has 2 heterocycles. The van der Waals surface area contributed by atoms with E-state index in [1.165, 1.54) is 4.90 Å². The minimum absolute atomic E-state index is 0.0961. The van der Waals surface area contributed by atoms with Gasteiger partial charge in [0, 0.05) is 18.6 Å². The maximum Gasteiger partial charge on any atom is 0.327 e. The number of nitrogens with zero attached hydrogens (tertiary/aromatic N) is 2. The molecule has 0 bridgehead atoms. The summed E-state index contributed by atoms with van der Waals surface area (Å²) in [5, 5.41) is -0.810. The van der Waals surface area contributed by atoms with Gasteiger partial charge in [0.1, 0.15) is 12.8 Å². The van der Waals surface area contributed by atoms with Gasteiger partial charge in [-0.2, -0.15) is 5.48 Å². The molecular weight excluding hydrogens is 494 g/mol. The first-order valence-electron chi connectivity index (χ1n) is 13.4. The van der Waals surface area contributed by atoms with Gasteiger partial charge in [-0.3, -0.25) is 14.5 Å². The number of hydrogen-bond acceptors (Lipinski definition) is 6. The molecule has 9 nitrogen and oxygen atoms in total. The fourth-order valence-corrected chi connectivity index (χ4v) is 8.35. The van der Waals surface area contributed by atoms with E-state index in [1.54, 1.807) is 4.90 Å². The number of carbonyl (C=O) groups is 2. The highest BCUT2D eigenvalue weighted by Gasteiger charge is 2.53. The molecule has 3 saturated carbocycles. The molecule has 2 N–H and O–H groups in total. The molecule has 0 aromatic rings. The zero-order valence-corrected chi connectivity index (χ0v) is 21.7. The fourth-order valence-electron chi connectivity index (χ4n) is 6.41. The third-order valence-electron chi connectivity index (χ3n) is 8.80. The summed E-state index contributed by atoms with van der Waals surface area (Å²) < 4.78 is 55.9. The molecule has 5 aliphatic rings. The molecule has 5 atom stereocenters. The van der Waals surface area contributed by atoms with Gasteiger partial charge in [-0.05, 0) is 77.0 Å². The molecule has 0 spiro atoms. The molecule has 2 aliphatic heterocycles. The van der Waals surface area contributed by atoms with Crippen molar-refractivity contribution in [3.8, 4) is 0 Å². The van der Waals surface area contributed by atoms with E-state index in [2.05, 4.69) is 10.2 Å². The van der Waals surface area contributed by atoms with Crippen molar-refractivity contribution in [1.82, 2.24) is 20.0 Å². The van der Waals surface area contributed by atoms with Crippen LogP contribution >= 0.6 is 0 Å². The number of hydrogen-bond donors (Lipinski definition) is 2. The van der Waals surface area contributed by atoms with E-state index < -0.39 is 39.6 Å².